The van der Waals surface area contributed by atoms with Crippen LogP contribution in [0.5, 0.6) is 5.88 Å². The van der Waals surface area contributed by atoms with Crippen LogP contribution in [0.4, 0.5) is 13.2 Å². The molecule has 0 saturated carbocycles. The van der Waals surface area contributed by atoms with Crippen LogP contribution in [0.25, 0.3) is 16.5 Å². The lowest BCUT2D eigenvalue weighted by Crippen LogP contribution is -2.15. The number of benzene rings is 1. The van der Waals surface area contributed by atoms with Gasteiger partial charge in [-0.2, -0.15) is 18.3 Å². The topological polar surface area (TPSA) is 68.0 Å². The Bertz CT molecular complexity index is 871. The summed E-state index contributed by atoms with van der Waals surface area (Å²) in [4.78, 5) is 14.5. The maximum absolute atomic E-state index is 13.2. The molecule has 2 heterocycles. The number of rotatable bonds is 2. The highest BCUT2D eigenvalue weighted by Gasteiger charge is 2.38. The third-order valence-electron chi connectivity index (χ3n) is 3.18. The molecule has 3 aromatic rings. The molecule has 0 bridgehead atoms. The summed E-state index contributed by atoms with van der Waals surface area (Å²) in [5.41, 5.74) is -1.62. The van der Waals surface area contributed by atoms with Gasteiger partial charge < -0.3 is 5.11 Å². The van der Waals surface area contributed by atoms with E-state index in [0.717, 1.165) is 6.20 Å². The van der Waals surface area contributed by atoms with Crippen LogP contribution >= 0.6 is 0 Å². The molecule has 0 fully saturated rings. The Balaban J connectivity index is 2.36. The summed E-state index contributed by atoms with van der Waals surface area (Å²) in [5.74, 6) is -0.296. The SMILES string of the molecule is O=Cc1cnn(-c2cccc3c(O)nccc23)c1C(F)(F)F. The van der Waals surface area contributed by atoms with Crippen LogP contribution in [0, 0.1) is 0 Å². The Morgan fingerprint density at radius 2 is 1.95 bits per heavy atom. The monoisotopic (exact) mass is 307 g/mol. The first-order valence-corrected chi connectivity index (χ1v) is 6.11. The zero-order chi connectivity index (χ0) is 15.9. The Labute approximate surface area is 121 Å². The number of pyridine rings is 1. The van der Waals surface area contributed by atoms with Gasteiger partial charge in [-0.3, -0.25) is 4.79 Å². The molecule has 0 saturated heterocycles. The average molecular weight is 307 g/mol. The molecule has 0 amide bonds. The van der Waals surface area contributed by atoms with Gasteiger partial charge >= 0.3 is 6.18 Å². The van der Waals surface area contributed by atoms with E-state index in [1.807, 2.05) is 0 Å². The molecule has 0 unspecified atom stereocenters. The second kappa shape index (κ2) is 4.83. The fraction of sp³-hybridized carbons (Fsp3) is 0.0714. The molecular formula is C14H8F3N3O2. The van der Waals surface area contributed by atoms with Crippen molar-refractivity contribution in [3.63, 3.8) is 0 Å². The number of aromatic hydroxyl groups is 1. The van der Waals surface area contributed by atoms with Gasteiger partial charge in [0.1, 0.15) is 0 Å². The zero-order valence-electron chi connectivity index (χ0n) is 10.9. The molecule has 5 nitrogen and oxygen atoms in total. The minimum absolute atomic E-state index is 0.0932. The summed E-state index contributed by atoms with van der Waals surface area (Å²) in [7, 11) is 0. The van der Waals surface area contributed by atoms with Crippen LogP contribution in [0.1, 0.15) is 16.1 Å². The summed E-state index contributed by atoms with van der Waals surface area (Å²) in [6, 6.07) is 5.88. The first-order valence-electron chi connectivity index (χ1n) is 6.11. The Kier molecular flexibility index (Phi) is 3.09. The summed E-state index contributed by atoms with van der Waals surface area (Å²) in [6.45, 7) is 0. The number of hydrogen-bond donors (Lipinski definition) is 1. The van der Waals surface area contributed by atoms with Gasteiger partial charge in [-0.05, 0) is 18.2 Å². The van der Waals surface area contributed by atoms with Crippen molar-refractivity contribution >= 4 is 17.1 Å². The molecule has 0 aliphatic carbocycles. The van der Waals surface area contributed by atoms with Crippen LogP contribution in [-0.4, -0.2) is 26.2 Å². The molecular weight excluding hydrogens is 299 g/mol. The van der Waals surface area contributed by atoms with E-state index in [0.29, 0.717) is 10.1 Å². The van der Waals surface area contributed by atoms with Gasteiger partial charge in [0.05, 0.1) is 17.4 Å². The number of hydrogen-bond acceptors (Lipinski definition) is 4. The van der Waals surface area contributed by atoms with Gasteiger partial charge in [-0.1, -0.05) is 6.07 Å². The molecule has 22 heavy (non-hydrogen) atoms. The average Bonchev–Trinajstić information content (AvgIpc) is 2.91. The third kappa shape index (κ3) is 2.09. The minimum Gasteiger partial charge on any atom is -0.493 e. The fourth-order valence-corrected chi connectivity index (χ4v) is 2.27. The lowest BCUT2D eigenvalue weighted by molar-refractivity contribution is -0.143. The normalized spacial score (nSPS) is 11.8. The minimum atomic E-state index is -4.75. The predicted molar refractivity (Wildman–Crippen MR) is 70.9 cm³/mol. The van der Waals surface area contributed by atoms with Crippen LogP contribution in [0.3, 0.4) is 0 Å². The lowest BCUT2D eigenvalue weighted by Gasteiger charge is -2.13. The third-order valence-corrected chi connectivity index (χ3v) is 3.18. The van der Waals surface area contributed by atoms with Gasteiger partial charge in [0.2, 0.25) is 5.88 Å². The predicted octanol–water partition coefficient (Wildman–Crippen LogP) is 2.96. The molecule has 3 rings (SSSR count). The van der Waals surface area contributed by atoms with E-state index in [1.54, 1.807) is 0 Å². The van der Waals surface area contributed by atoms with Gasteiger partial charge in [0.15, 0.2) is 12.0 Å². The maximum atomic E-state index is 13.2. The highest BCUT2D eigenvalue weighted by atomic mass is 19.4. The van der Waals surface area contributed by atoms with E-state index >= 15 is 0 Å². The number of alkyl halides is 3. The molecule has 0 spiro atoms. The quantitative estimate of drug-likeness (QED) is 0.739. The molecule has 112 valence electrons. The molecule has 8 heteroatoms. The first kappa shape index (κ1) is 14.1. The van der Waals surface area contributed by atoms with E-state index in [1.165, 1.54) is 30.5 Å². The number of nitrogens with zero attached hydrogens (tertiary/aromatic N) is 3. The highest BCUT2D eigenvalue weighted by molar-refractivity contribution is 5.93. The number of fused-ring (bicyclic) bond motifs is 1. The number of carbonyl (C=O) groups is 1. The molecule has 0 radical (unpaired) electrons. The summed E-state index contributed by atoms with van der Waals surface area (Å²) in [5, 5.41) is 14.0. The number of aldehydes is 1. The van der Waals surface area contributed by atoms with Crippen molar-refractivity contribution < 1.29 is 23.1 Å². The van der Waals surface area contributed by atoms with Gasteiger partial charge in [-0.25, -0.2) is 9.67 Å². The molecule has 2 aromatic heterocycles. The van der Waals surface area contributed by atoms with E-state index in [2.05, 4.69) is 10.1 Å². The van der Waals surface area contributed by atoms with E-state index in [9.17, 15) is 23.1 Å². The van der Waals surface area contributed by atoms with Crippen molar-refractivity contribution in [2.45, 2.75) is 6.18 Å². The summed E-state index contributed by atoms with van der Waals surface area (Å²) < 4.78 is 40.3. The van der Waals surface area contributed by atoms with Crippen molar-refractivity contribution in [3.05, 3.63) is 47.9 Å². The van der Waals surface area contributed by atoms with Gasteiger partial charge in [0, 0.05) is 17.0 Å². The number of carbonyl (C=O) groups excluding carboxylic acids is 1. The first-order chi connectivity index (χ1) is 10.4. The fourth-order valence-electron chi connectivity index (χ4n) is 2.27. The zero-order valence-corrected chi connectivity index (χ0v) is 10.9. The number of halogens is 3. The maximum Gasteiger partial charge on any atom is 0.434 e. The van der Waals surface area contributed by atoms with Crippen molar-refractivity contribution in [2.24, 2.45) is 0 Å². The van der Waals surface area contributed by atoms with Crippen molar-refractivity contribution in [2.75, 3.05) is 0 Å². The standard InChI is InChI=1S/C14H8F3N3O2/c15-14(16,17)12-8(7-21)6-19-20(12)11-3-1-2-10-9(11)4-5-18-13(10)22/h1-7H,(H,18,22). The lowest BCUT2D eigenvalue weighted by atomic mass is 10.1. The molecule has 0 atom stereocenters. The van der Waals surface area contributed by atoms with Crippen molar-refractivity contribution in [1.82, 2.24) is 14.8 Å². The molecule has 0 aliphatic rings. The van der Waals surface area contributed by atoms with E-state index in [4.69, 9.17) is 0 Å². The van der Waals surface area contributed by atoms with Crippen LogP contribution < -0.4 is 0 Å². The summed E-state index contributed by atoms with van der Waals surface area (Å²) >= 11 is 0. The largest absolute Gasteiger partial charge is 0.493 e. The van der Waals surface area contributed by atoms with E-state index < -0.39 is 17.4 Å². The van der Waals surface area contributed by atoms with Crippen LogP contribution in [-0.2, 0) is 6.18 Å². The van der Waals surface area contributed by atoms with Crippen molar-refractivity contribution in [1.29, 1.82) is 0 Å². The second-order valence-corrected chi connectivity index (χ2v) is 4.48. The van der Waals surface area contributed by atoms with Gasteiger partial charge in [-0.15, -0.1) is 0 Å². The van der Waals surface area contributed by atoms with E-state index in [-0.39, 0.29) is 23.2 Å². The van der Waals surface area contributed by atoms with Gasteiger partial charge in [0.25, 0.3) is 0 Å². The number of aromatic nitrogens is 3. The molecule has 1 N–H and O–H groups in total. The Morgan fingerprint density at radius 3 is 2.64 bits per heavy atom. The smallest absolute Gasteiger partial charge is 0.434 e. The molecule has 0 aliphatic heterocycles. The Hall–Kier alpha value is -2.90. The highest BCUT2D eigenvalue weighted by Crippen LogP contribution is 2.35. The summed E-state index contributed by atoms with van der Waals surface area (Å²) in [6.07, 6.45) is -2.51. The van der Waals surface area contributed by atoms with Crippen LogP contribution in [0.15, 0.2) is 36.7 Å². The van der Waals surface area contributed by atoms with Crippen LogP contribution in [0.2, 0.25) is 0 Å². The van der Waals surface area contributed by atoms with Crippen molar-refractivity contribution in [3.8, 4) is 11.6 Å². The second-order valence-electron chi connectivity index (χ2n) is 4.48. The molecule has 1 aromatic carbocycles. The Morgan fingerprint density at radius 1 is 1.18 bits per heavy atom.